The zero-order valence-electron chi connectivity index (χ0n) is 10.7. The monoisotopic (exact) mass is 306 g/mol. The summed E-state index contributed by atoms with van der Waals surface area (Å²) < 4.78 is 4.74. The number of rotatable bonds is 5. The number of hydrogen-bond donors (Lipinski definition) is 3. The highest BCUT2D eigenvalue weighted by atomic mass is 35.5. The highest BCUT2D eigenvalue weighted by molar-refractivity contribution is 6.36. The smallest absolute Gasteiger partial charge is 0.319 e. The van der Waals surface area contributed by atoms with E-state index in [1.165, 1.54) is 7.11 Å². The molecule has 7 heteroatoms. The molecule has 0 saturated carbocycles. The van der Waals surface area contributed by atoms with Gasteiger partial charge in [0.2, 0.25) is 0 Å². The first kappa shape index (κ1) is 16.0. The molecule has 0 bridgehead atoms. The summed E-state index contributed by atoms with van der Waals surface area (Å²) in [7, 11) is 1.47. The average Bonchev–Trinajstić information content (AvgIpc) is 2.34. The Balaban J connectivity index is 2.53. The summed E-state index contributed by atoms with van der Waals surface area (Å²) in [5.41, 5.74) is 1.24. The Bertz CT molecular complexity index is 432. The minimum absolute atomic E-state index is 0.0903. The maximum atomic E-state index is 11.6. The van der Waals surface area contributed by atoms with Crippen LogP contribution >= 0.6 is 23.2 Å². The highest BCUT2D eigenvalue weighted by Crippen LogP contribution is 2.27. The number of hydrogen-bond acceptors (Lipinski definition) is 3. The van der Waals surface area contributed by atoms with Gasteiger partial charge in [0, 0.05) is 29.4 Å². The highest BCUT2D eigenvalue weighted by Gasteiger charge is 2.09. The van der Waals surface area contributed by atoms with Gasteiger partial charge in [0.25, 0.3) is 0 Å². The first-order valence-corrected chi connectivity index (χ1v) is 6.37. The van der Waals surface area contributed by atoms with Crippen LogP contribution in [0.15, 0.2) is 12.1 Å². The van der Waals surface area contributed by atoms with E-state index in [0.29, 0.717) is 15.7 Å². The van der Waals surface area contributed by atoms with Crippen LogP contribution in [0.2, 0.25) is 10.0 Å². The van der Waals surface area contributed by atoms with Crippen LogP contribution < -0.4 is 10.6 Å². The molecule has 0 heterocycles. The fourth-order valence-electron chi connectivity index (χ4n) is 1.35. The van der Waals surface area contributed by atoms with Crippen molar-refractivity contribution in [2.75, 3.05) is 25.6 Å². The van der Waals surface area contributed by atoms with Crippen LogP contribution in [0.1, 0.15) is 5.56 Å². The number of aliphatic hydroxyl groups excluding tert-OH is 1. The lowest BCUT2D eigenvalue weighted by Gasteiger charge is -2.12. The number of methoxy groups -OCH3 is 1. The second kappa shape index (κ2) is 7.55. The molecule has 1 aromatic rings. The van der Waals surface area contributed by atoms with Crippen LogP contribution in [0.25, 0.3) is 0 Å². The summed E-state index contributed by atoms with van der Waals surface area (Å²) in [5, 5.41) is 15.4. The molecular weight excluding hydrogens is 291 g/mol. The number of amides is 2. The predicted molar refractivity (Wildman–Crippen MR) is 76.1 cm³/mol. The lowest BCUT2D eigenvalue weighted by Crippen LogP contribution is -2.37. The fourth-order valence-corrected chi connectivity index (χ4v) is 1.84. The van der Waals surface area contributed by atoms with E-state index in [2.05, 4.69) is 10.6 Å². The van der Waals surface area contributed by atoms with E-state index >= 15 is 0 Å². The summed E-state index contributed by atoms with van der Waals surface area (Å²) in [4.78, 5) is 11.6. The number of halogens is 2. The van der Waals surface area contributed by atoms with Crippen molar-refractivity contribution in [3.8, 4) is 0 Å². The molecule has 1 atom stereocenters. The predicted octanol–water partition coefficient (Wildman–Crippen LogP) is 2.43. The number of ether oxygens (including phenoxy) is 1. The van der Waals surface area contributed by atoms with Crippen LogP contribution in [0.5, 0.6) is 0 Å². The molecule has 1 aromatic carbocycles. The average molecular weight is 307 g/mol. The normalized spacial score (nSPS) is 12.1. The Morgan fingerprint density at radius 3 is 2.53 bits per heavy atom. The van der Waals surface area contributed by atoms with Crippen molar-refractivity contribution in [2.45, 2.75) is 13.0 Å². The Labute approximate surface area is 121 Å². The summed E-state index contributed by atoms with van der Waals surface area (Å²) in [6.07, 6.45) is -0.749. The fraction of sp³-hybridized carbons (Fsp3) is 0.417. The number of aliphatic hydroxyl groups is 1. The molecule has 0 spiro atoms. The van der Waals surface area contributed by atoms with Crippen LogP contribution in [0.4, 0.5) is 10.5 Å². The van der Waals surface area contributed by atoms with E-state index in [1.807, 2.05) is 0 Å². The number of carbonyl (C=O) groups is 1. The van der Waals surface area contributed by atoms with Crippen molar-refractivity contribution in [3.63, 3.8) is 0 Å². The third-order valence-electron chi connectivity index (χ3n) is 2.40. The van der Waals surface area contributed by atoms with Crippen molar-refractivity contribution in [1.29, 1.82) is 0 Å². The van der Waals surface area contributed by atoms with Gasteiger partial charge in [0.15, 0.2) is 0 Å². The Morgan fingerprint density at radius 2 is 2.00 bits per heavy atom. The van der Waals surface area contributed by atoms with Gasteiger partial charge in [-0.25, -0.2) is 4.79 Å². The first-order valence-electron chi connectivity index (χ1n) is 5.61. The minimum Gasteiger partial charge on any atom is -0.389 e. The number of benzene rings is 1. The van der Waals surface area contributed by atoms with E-state index in [1.54, 1.807) is 19.1 Å². The lowest BCUT2D eigenvalue weighted by molar-refractivity contribution is 0.0663. The zero-order valence-corrected chi connectivity index (χ0v) is 12.2. The number of carbonyl (C=O) groups excluding carboxylic acids is 1. The molecule has 2 amide bonds. The van der Waals surface area contributed by atoms with Gasteiger partial charge in [-0.2, -0.15) is 0 Å². The molecule has 0 aromatic heterocycles. The molecule has 0 aliphatic heterocycles. The van der Waals surface area contributed by atoms with Crippen molar-refractivity contribution >= 4 is 34.9 Å². The molecule has 0 aliphatic rings. The Kier molecular flexibility index (Phi) is 6.37. The number of nitrogens with one attached hydrogen (secondary N) is 2. The molecule has 1 unspecified atom stereocenters. The third kappa shape index (κ3) is 5.24. The van der Waals surface area contributed by atoms with E-state index in [0.717, 1.165) is 5.56 Å². The molecule has 0 aliphatic carbocycles. The zero-order chi connectivity index (χ0) is 14.4. The second-order valence-electron chi connectivity index (χ2n) is 4.01. The summed E-state index contributed by atoms with van der Waals surface area (Å²) >= 11 is 11.9. The molecule has 0 fully saturated rings. The van der Waals surface area contributed by atoms with Crippen LogP contribution in [-0.4, -0.2) is 37.5 Å². The second-order valence-corrected chi connectivity index (χ2v) is 4.82. The molecule has 5 nitrogen and oxygen atoms in total. The first-order chi connectivity index (χ1) is 8.93. The largest absolute Gasteiger partial charge is 0.389 e. The Hall–Kier alpha value is -1.01. The summed E-state index contributed by atoms with van der Waals surface area (Å²) in [6, 6.07) is 2.76. The van der Waals surface area contributed by atoms with Gasteiger partial charge in [0.1, 0.15) is 0 Å². The van der Waals surface area contributed by atoms with E-state index < -0.39 is 12.1 Å². The molecule has 0 saturated heterocycles. The van der Waals surface area contributed by atoms with Gasteiger partial charge in [-0.3, -0.25) is 0 Å². The van der Waals surface area contributed by atoms with Crippen LogP contribution in [0.3, 0.4) is 0 Å². The van der Waals surface area contributed by atoms with Crippen molar-refractivity contribution in [3.05, 3.63) is 27.7 Å². The maximum absolute atomic E-state index is 11.6. The summed E-state index contributed by atoms with van der Waals surface area (Å²) in [6.45, 7) is 2.03. The number of anilines is 1. The van der Waals surface area contributed by atoms with E-state index in [-0.39, 0.29) is 13.2 Å². The minimum atomic E-state index is -0.749. The Morgan fingerprint density at radius 1 is 1.42 bits per heavy atom. The lowest BCUT2D eigenvalue weighted by atomic mass is 10.2. The molecule has 106 valence electrons. The van der Waals surface area contributed by atoms with Gasteiger partial charge in [-0.15, -0.1) is 0 Å². The van der Waals surface area contributed by atoms with E-state index in [9.17, 15) is 9.90 Å². The van der Waals surface area contributed by atoms with Crippen LogP contribution in [-0.2, 0) is 4.74 Å². The molecule has 0 radical (unpaired) electrons. The quantitative estimate of drug-likeness (QED) is 0.782. The SMILES string of the molecule is COCC(O)CNC(=O)Nc1cc(Cl)c(C)c(Cl)c1. The topological polar surface area (TPSA) is 70.6 Å². The van der Waals surface area contributed by atoms with Gasteiger partial charge < -0.3 is 20.5 Å². The van der Waals surface area contributed by atoms with Crippen molar-refractivity contribution < 1.29 is 14.6 Å². The van der Waals surface area contributed by atoms with E-state index in [4.69, 9.17) is 27.9 Å². The van der Waals surface area contributed by atoms with Crippen molar-refractivity contribution in [1.82, 2.24) is 5.32 Å². The third-order valence-corrected chi connectivity index (χ3v) is 3.18. The standard InChI is InChI=1S/C12H16Cl2N2O3/c1-7-10(13)3-8(4-11(7)14)16-12(18)15-5-9(17)6-19-2/h3-4,9,17H,5-6H2,1-2H3,(H2,15,16,18). The molecule has 19 heavy (non-hydrogen) atoms. The molecule has 3 N–H and O–H groups in total. The molecular formula is C12H16Cl2N2O3. The maximum Gasteiger partial charge on any atom is 0.319 e. The molecule has 1 rings (SSSR count). The van der Waals surface area contributed by atoms with Crippen molar-refractivity contribution in [2.24, 2.45) is 0 Å². The summed E-state index contributed by atoms with van der Waals surface area (Å²) in [5.74, 6) is 0. The van der Waals surface area contributed by atoms with Gasteiger partial charge in [-0.05, 0) is 24.6 Å². The number of urea groups is 1. The van der Waals surface area contributed by atoms with Gasteiger partial charge >= 0.3 is 6.03 Å². The van der Waals surface area contributed by atoms with Gasteiger partial charge in [0.05, 0.1) is 12.7 Å². The van der Waals surface area contributed by atoms with Gasteiger partial charge in [-0.1, -0.05) is 23.2 Å². The van der Waals surface area contributed by atoms with Crippen LogP contribution in [0, 0.1) is 6.92 Å².